The van der Waals surface area contributed by atoms with Gasteiger partial charge in [-0.2, -0.15) is 0 Å². The Hall–Kier alpha value is -2.96. The average molecular weight is 340 g/mol. The number of carbonyl (C=O) groups is 2. The maximum Gasteiger partial charge on any atom is 0.274 e. The Balaban J connectivity index is 1.53. The average Bonchev–Trinajstić information content (AvgIpc) is 2.69. The van der Waals surface area contributed by atoms with Crippen LogP contribution in [0, 0.1) is 0 Å². The first-order valence-corrected chi connectivity index (χ1v) is 8.13. The van der Waals surface area contributed by atoms with Gasteiger partial charge in [0.25, 0.3) is 5.91 Å². The van der Waals surface area contributed by atoms with Crippen LogP contribution in [0.3, 0.4) is 0 Å². The van der Waals surface area contributed by atoms with Crippen LogP contribution >= 0.6 is 0 Å². The van der Waals surface area contributed by atoms with E-state index in [9.17, 15) is 9.59 Å². The van der Waals surface area contributed by atoms with Crippen molar-refractivity contribution in [3.05, 3.63) is 54.1 Å². The quantitative estimate of drug-likeness (QED) is 0.830. The molecule has 1 aliphatic rings. The molecule has 0 radical (unpaired) electrons. The Labute approximate surface area is 146 Å². The van der Waals surface area contributed by atoms with Gasteiger partial charge in [0.2, 0.25) is 5.91 Å². The van der Waals surface area contributed by atoms with E-state index in [-0.39, 0.29) is 11.8 Å². The van der Waals surface area contributed by atoms with Gasteiger partial charge < -0.3 is 14.5 Å². The Morgan fingerprint density at radius 2 is 1.72 bits per heavy atom. The Kier molecular flexibility index (Phi) is 5.23. The number of amides is 2. The van der Waals surface area contributed by atoms with E-state index in [0.717, 1.165) is 11.3 Å². The van der Waals surface area contributed by atoms with Crippen LogP contribution in [0.4, 0.5) is 0 Å². The minimum Gasteiger partial charge on any atom is -0.497 e. The maximum absolute atomic E-state index is 12.4. The van der Waals surface area contributed by atoms with Gasteiger partial charge in [0.05, 0.1) is 19.7 Å². The molecule has 1 aromatic carbocycles. The van der Waals surface area contributed by atoms with Gasteiger partial charge in [-0.1, -0.05) is 12.1 Å². The molecule has 0 N–H and O–H groups in total. The van der Waals surface area contributed by atoms with Gasteiger partial charge in [-0.05, 0) is 17.7 Å². The van der Waals surface area contributed by atoms with Crippen LogP contribution in [0.5, 0.6) is 5.75 Å². The largest absolute Gasteiger partial charge is 0.497 e. The smallest absolute Gasteiger partial charge is 0.274 e. The molecule has 0 spiro atoms. The van der Waals surface area contributed by atoms with Crippen molar-refractivity contribution in [1.29, 1.82) is 0 Å². The molecule has 0 aliphatic carbocycles. The Morgan fingerprint density at radius 3 is 2.32 bits per heavy atom. The van der Waals surface area contributed by atoms with Crippen molar-refractivity contribution in [1.82, 2.24) is 19.8 Å². The van der Waals surface area contributed by atoms with E-state index < -0.39 is 0 Å². The lowest BCUT2D eigenvalue weighted by Gasteiger charge is -2.34. The monoisotopic (exact) mass is 340 g/mol. The minimum atomic E-state index is -0.143. The maximum atomic E-state index is 12.4. The molecule has 2 aromatic rings. The number of ether oxygens (including phenoxy) is 1. The first-order valence-electron chi connectivity index (χ1n) is 8.13. The molecule has 0 atom stereocenters. The summed E-state index contributed by atoms with van der Waals surface area (Å²) >= 11 is 0. The van der Waals surface area contributed by atoms with Crippen molar-refractivity contribution >= 4 is 11.8 Å². The van der Waals surface area contributed by atoms with Crippen molar-refractivity contribution in [3.63, 3.8) is 0 Å². The predicted octanol–water partition coefficient (Wildman–Crippen LogP) is 1.01. The number of methoxy groups -OCH3 is 1. The van der Waals surface area contributed by atoms with Crippen LogP contribution < -0.4 is 4.74 Å². The number of rotatable bonds is 4. The zero-order chi connectivity index (χ0) is 17.6. The van der Waals surface area contributed by atoms with Crippen molar-refractivity contribution in [2.45, 2.75) is 6.42 Å². The molecule has 130 valence electrons. The van der Waals surface area contributed by atoms with E-state index in [1.807, 2.05) is 24.3 Å². The first kappa shape index (κ1) is 16.9. The molecular weight excluding hydrogens is 320 g/mol. The lowest BCUT2D eigenvalue weighted by atomic mass is 10.1. The highest BCUT2D eigenvalue weighted by Crippen LogP contribution is 2.13. The van der Waals surface area contributed by atoms with Gasteiger partial charge in [0, 0.05) is 38.6 Å². The summed E-state index contributed by atoms with van der Waals surface area (Å²) in [6.07, 6.45) is 4.85. The van der Waals surface area contributed by atoms with Gasteiger partial charge in [-0.25, -0.2) is 4.98 Å². The van der Waals surface area contributed by atoms with E-state index in [2.05, 4.69) is 9.97 Å². The molecule has 2 amide bonds. The molecule has 25 heavy (non-hydrogen) atoms. The fraction of sp³-hybridized carbons (Fsp3) is 0.333. The fourth-order valence-corrected chi connectivity index (χ4v) is 2.76. The highest BCUT2D eigenvalue weighted by Gasteiger charge is 2.25. The van der Waals surface area contributed by atoms with Crippen molar-refractivity contribution in [2.75, 3.05) is 33.3 Å². The van der Waals surface area contributed by atoms with Crippen molar-refractivity contribution in [3.8, 4) is 5.75 Å². The highest BCUT2D eigenvalue weighted by molar-refractivity contribution is 5.92. The highest BCUT2D eigenvalue weighted by atomic mass is 16.5. The van der Waals surface area contributed by atoms with Gasteiger partial charge in [-0.3, -0.25) is 14.6 Å². The third-order valence-electron chi connectivity index (χ3n) is 4.22. The number of hydrogen-bond acceptors (Lipinski definition) is 5. The van der Waals surface area contributed by atoms with Crippen LogP contribution in [-0.2, 0) is 11.2 Å². The zero-order valence-corrected chi connectivity index (χ0v) is 14.1. The number of hydrogen-bond donors (Lipinski definition) is 0. The summed E-state index contributed by atoms with van der Waals surface area (Å²) in [5, 5.41) is 0. The number of nitrogens with zero attached hydrogens (tertiary/aromatic N) is 4. The second-order valence-electron chi connectivity index (χ2n) is 5.79. The summed E-state index contributed by atoms with van der Waals surface area (Å²) in [6, 6.07) is 7.48. The van der Waals surface area contributed by atoms with Crippen LogP contribution in [0.25, 0.3) is 0 Å². The predicted molar refractivity (Wildman–Crippen MR) is 91.2 cm³/mol. The molecule has 0 saturated carbocycles. The topological polar surface area (TPSA) is 75.6 Å². The minimum absolute atomic E-state index is 0.0665. The molecule has 7 nitrogen and oxygen atoms in total. The van der Waals surface area contributed by atoms with Crippen LogP contribution in [-0.4, -0.2) is 64.9 Å². The number of benzene rings is 1. The van der Waals surface area contributed by atoms with Gasteiger partial charge in [0.1, 0.15) is 11.4 Å². The zero-order valence-electron chi connectivity index (χ0n) is 14.1. The standard InChI is InChI=1S/C18H20N4O3/c1-25-15-4-2-14(3-5-15)12-17(23)21-8-10-22(11-9-21)18(24)16-13-19-6-7-20-16/h2-7,13H,8-12H2,1H3. The van der Waals surface area contributed by atoms with Crippen LogP contribution in [0.15, 0.2) is 42.9 Å². The third kappa shape index (κ3) is 4.12. The molecule has 2 heterocycles. The Bertz CT molecular complexity index is 726. The molecule has 0 unspecified atom stereocenters. The molecule has 1 aromatic heterocycles. The summed E-state index contributed by atoms with van der Waals surface area (Å²) < 4.78 is 5.12. The summed E-state index contributed by atoms with van der Waals surface area (Å²) in [4.78, 5) is 36.2. The van der Waals surface area contributed by atoms with E-state index in [1.165, 1.54) is 18.6 Å². The summed E-state index contributed by atoms with van der Waals surface area (Å²) in [6.45, 7) is 2.06. The van der Waals surface area contributed by atoms with E-state index in [4.69, 9.17) is 4.74 Å². The number of piperazine rings is 1. The lowest BCUT2D eigenvalue weighted by Crippen LogP contribution is -2.51. The van der Waals surface area contributed by atoms with E-state index in [0.29, 0.717) is 38.3 Å². The van der Waals surface area contributed by atoms with Gasteiger partial charge >= 0.3 is 0 Å². The van der Waals surface area contributed by atoms with Crippen molar-refractivity contribution < 1.29 is 14.3 Å². The molecule has 1 saturated heterocycles. The van der Waals surface area contributed by atoms with Crippen molar-refractivity contribution in [2.24, 2.45) is 0 Å². The molecule has 7 heteroatoms. The molecule has 0 bridgehead atoms. The van der Waals surface area contributed by atoms with Gasteiger partial charge in [0.15, 0.2) is 0 Å². The molecule has 1 fully saturated rings. The SMILES string of the molecule is COc1ccc(CC(=O)N2CCN(C(=O)c3cnccn3)CC2)cc1. The second-order valence-corrected chi connectivity index (χ2v) is 5.79. The van der Waals surface area contributed by atoms with Crippen LogP contribution in [0.1, 0.15) is 16.1 Å². The molecule has 3 rings (SSSR count). The normalized spacial score (nSPS) is 14.3. The fourth-order valence-electron chi connectivity index (χ4n) is 2.76. The third-order valence-corrected chi connectivity index (χ3v) is 4.22. The summed E-state index contributed by atoms with van der Waals surface area (Å²) in [5.41, 5.74) is 1.28. The second kappa shape index (κ2) is 7.74. The molecular formula is C18H20N4O3. The van der Waals surface area contributed by atoms with E-state index >= 15 is 0 Å². The van der Waals surface area contributed by atoms with Crippen LogP contribution in [0.2, 0.25) is 0 Å². The molecule has 1 aliphatic heterocycles. The Morgan fingerprint density at radius 1 is 1.04 bits per heavy atom. The van der Waals surface area contributed by atoms with E-state index in [1.54, 1.807) is 16.9 Å². The first-order chi connectivity index (χ1) is 12.2. The number of aromatic nitrogens is 2. The number of carbonyl (C=O) groups excluding carboxylic acids is 2. The van der Waals surface area contributed by atoms with Gasteiger partial charge in [-0.15, -0.1) is 0 Å². The lowest BCUT2D eigenvalue weighted by molar-refractivity contribution is -0.131. The summed E-state index contributed by atoms with van der Waals surface area (Å²) in [5.74, 6) is 0.694. The summed E-state index contributed by atoms with van der Waals surface area (Å²) in [7, 11) is 1.61.